The van der Waals surface area contributed by atoms with Gasteiger partial charge in [-0.2, -0.15) is 0 Å². The van der Waals surface area contributed by atoms with Gasteiger partial charge in [0.1, 0.15) is 0 Å². The maximum atomic E-state index is 6.09. The second kappa shape index (κ2) is 6.65. The van der Waals surface area contributed by atoms with E-state index in [9.17, 15) is 0 Å². The topological polar surface area (TPSA) is 24.5 Å². The molecule has 0 aliphatic carbocycles. The van der Waals surface area contributed by atoms with Crippen LogP contribution in [-0.4, -0.2) is 0 Å². The highest BCUT2D eigenvalue weighted by Crippen LogP contribution is 2.28. The zero-order valence-electron chi connectivity index (χ0n) is 13.6. The van der Waals surface area contributed by atoms with Crippen molar-refractivity contribution >= 4 is 23.0 Å². The van der Waals surface area contributed by atoms with Crippen molar-refractivity contribution in [2.45, 2.75) is 27.2 Å². The van der Waals surface area contributed by atoms with E-state index in [-0.39, 0.29) is 0 Å². The quantitative estimate of drug-likeness (QED) is 0.844. The van der Waals surface area contributed by atoms with E-state index in [1.807, 2.05) is 36.3 Å². The van der Waals surface area contributed by atoms with Crippen LogP contribution in [0.4, 0.5) is 5.69 Å². The number of aryl methyl sites for hydroxylation is 1. The van der Waals surface area contributed by atoms with E-state index < -0.39 is 0 Å². The lowest BCUT2D eigenvalue weighted by Crippen LogP contribution is -2.27. The molecule has 0 saturated carbocycles. The van der Waals surface area contributed by atoms with E-state index in [4.69, 9.17) is 16.4 Å². The van der Waals surface area contributed by atoms with E-state index in [2.05, 4.69) is 43.7 Å². The summed E-state index contributed by atoms with van der Waals surface area (Å²) in [4.78, 5) is 5.62. The first-order valence-corrected chi connectivity index (χ1v) is 8.20. The second-order valence-electron chi connectivity index (χ2n) is 6.28. The number of hydrogen-bond donors (Lipinski definition) is 1. The van der Waals surface area contributed by atoms with Gasteiger partial charge < -0.3 is 4.84 Å². The summed E-state index contributed by atoms with van der Waals surface area (Å²) < 4.78 is 0. The van der Waals surface area contributed by atoms with E-state index in [1.54, 1.807) is 0 Å². The van der Waals surface area contributed by atoms with Gasteiger partial charge in [-0.05, 0) is 42.5 Å². The monoisotopic (exact) mass is 328 g/mol. The van der Waals surface area contributed by atoms with E-state index in [0.717, 1.165) is 29.0 Å². The number of hydrazine groups is 1. The maximum absolute atomic E-state index is 6.09. The minimum absolute atomic E-state index is 0.658. The largest absolute Gasteiger partial charge is 0.386 e. The van der Waals surface area contributed by atoms with Gasteiger partial charge >= 0.3 is 0 Å². The summed E-state index contributed by atoms with van der Waals surface area (Å²) in [6, 6.07) is 14.3. The predicted molar refractivity (Wildman–Crippen MR) is 95.8 cm³/mol. The van der Waals surface area contributed by atoms with Crippen LogP contribution in [0, 0.1) is 12.8 Å². The molecule has 0 aromatic heterocycles. The van der Waals surface area contributed by atoms with Crippen LogP contribution in [0.15, 0.2) is 48.7 Å². The van der Waals surface area contributed by atoms with Gasteiger partial charge in [-0.3, -0.25) is 0 Å². The molecule has 23 heavy (non-hydrogen) atoms. The molecule has 120 valence electrons. The number of hydrogen-bond acceptors (Lipinski definition) is 3. The van der Waals surface area contributed by atoms with Gasteiger partial charge in [-0.15, -0.1) is 0 Å². The molecular formula is C19H21ClN2O. The minimum Gasteiger partial charge on any atom is -0.386 e. The van der Waals surface area contributed by atoms with Crippen molar-refractivity contribution in [2.24, 2.45) is 5.92 Å². The Labute approximate surface area is 142 Å². The summed E-state index contributed by atoms with van der Waals surface area (Å²) in [5.41, 5.74) is 7.41. The molecule has 4 heteroatoms. The molecule has 1 N–H and O–H groups in total. The molecule has 1 heterocycles. The molecule has 0 saturated heterocycles. The van der Waals surface area contributed by atoms with Gasteiger partial charge in [-0.1, -0.05) is 61.4 Å². The van der Waals surface area contributed by atoms with Crippen molar-refractivity contribution in [3.8, 4) is 0 Å². The van der Waals surface area contributed by atoms with Crippen LogP contribution in [0.1, 0.15) is 30.5 Å². The van der Waals surface area contributed by atoms with Gasteiger partial charge in [0.2, 0.25) is 0 Å². The van der Waals surface area contributed by atoms with Crippen LogP contribution >= 0.6 is 11.6 Å². The molecule has 3 rings (SSSR count). The summed E-state index contributed by atoms with van der Waals surface area (Å²) in [5.74, 6) is 1.45. The first-order valence-electron chi connectivity index (χ1n) is 7.82. The third kappa shape index (κ3) is 3.69. The van der Waals surface area contributed by atoms with E-state index in [0.29, 0.717) is 10.9 Å². The third-order valence-corrected chi connectivity index (χ3v) is 4.05. The Kier molecular flexibility index (Phi) is 4.60. The first kappa shape index (κ1) is 15.9. The first-order chi connectivity index (χ1) is 11.0. The average Bonchev–Trinajstić information content (AvgIpc) is 2.99. The smallest absolute Gasteiger partial charge is 0.174 e. The fourth-order valence-corrected chi connectivity index (χ4v) is 2.81. The normalized spacial score (nSPS) is 14.1. The number of nitrogens with one attached hydrogen (secondary N) is 1. The lowest BCUT2D eigenvalue weighted by Gasteiger charge is -2.16. The average molecular weight is 329 g/mol. The summed E-state index contributed by atoms with van der Waals surface area (Å²) in [5, 5.41) is 2.55. The van der Waals surface area contributed by atoms with Crippen molar-refractivity contribution < 1.29 is 4.84 Å². The summed E-state index contributed by atoms with van der Waals surface area (Å²) in [7, 11) is 0. The Hall–Kier alpha value is -1.97. The Balaban J connectivity index is 1.80. The zero-order chi connectivity index (χ0) is 16.4. The molecule has 0 atom stereocenters. The maximum Gasteiger partial charge on any atom is 0.174 e. The standard InChI is InChI=1S/C19H21ClN2O/c1-13(2)10-15-5-7-16(8-6-15)19-12-22(21-23-19)18-11-17(20)9-4-14(18)3/h4-9,11-13,21H,10H2,1-3H3. The van der Waals surface area contributed by atoms with Crippen molar-refractivity contribution in [1.82, 2.24) is 5.59 Å². The third-order valence-electron chi connectivity index (χ3n) is 3.81. The molecule has 0 spiro atoms. The Morgan fingerprint density at radius 3 is 2.57 bits per heavy atom. The van der Waals surface area contributed by atoms with Gasteiger partial charge in [0, 0.05) is 10.6 Å². The Morgan fingerprint density at radius 2 is 1.87 bits per heavy atom. The van der Waals surface area contributed by atoms with E-state index in [1.165, 1.54) is 5.56 Å². The fourth-order valence-electron chi connectivity index (χ4n) is 2.64. The van der Waals surface area contributed by atoms with Crippen LogP contribution in [0.2, 0.25) is 5.02 Å². The molecule has 0 amide bonds. The lowest BCUT2D eigenvalue weighted by molar-refractivity contribution is 0.180. The van der Waals surface area contributed by atoms with Crippen LogP contribution in [0.3, 0.4) is 0 Å². The highest BCUT2D eigenvalue weighted by molar-refractivity contribution is 6.30. The molecule has 1 aliphatic rings. The molecule has 0 radical (unpaired) electrons. The molecule has 2 aromatic rings. The number of benzene rings is 2. The predicted octanol–water partition coefficient (Wildman–Crippen LogP) is 5.10. The van der Waals surface area contributed by atoms with Crippen molar-refractivity contribution in [1.29, 1.82) is 0 Å². The lowest BCUT2D eigenvalue weighted by atomic mass is 10.0. The van der Waals surface area contributed by atoms with Crippen LogP contribution in [-0.2, 0) is 11.3 Å². The summed E-state index contributed by atoms with van der Waals surface area (Å²) in [6.07, 6.45) is 3.03. The molecule has 0 unspecified atom stereocenters. The molecule has 1 aliphatic heterocycles. The van der Waals surface area contributed by atoms with Crippen LogP contribution in [0.25, 0.3) is 5.76 Å². The van der Waals surface area contributed by atoms with E-state index >= 15 is 0 Å². The van der Waals surface area contributed by atoms with Gasteiger partial charge in [-0.25, -0.2) is 5.01 Å². The Bertz CT molecular complexity index is 723. The SMILES string of the molecule is Cc1ccc(Cl)cc1N1C=C(c2ccc(CC(C)C)cc2)ON1. The molecule has 3 nitrogen and oxygen atoms in total. The summed E-state index contributed by atoms with van der Waals surface area (Å²) in [6.45, 7) is 6.50. The highest BCUT2D eigenvalue weighted by Gasteiger charge is 2.18. The number of nitrogens with zero attached hydrogens (tertiary/aromatic N) is 1. The number of halogens is 1. The zero-order valence-corrected chi connectivity index (χ0v) is 14.4. The highest BCUT2D eigenvalue weighted by atomic mass is 35.5. The molecule has 0 bridgehead atoms. The van der Waals surface area contributed by atoms with Crippen molar-refractivity contribution in [3.05, 3.63) is 70.4 Å². The molecular weight excluding hydrogens is 308 g/mol. The Morgan fingerprint density at radius 1 is 1.13 bits per heavy atom. The van der Waals surface area contributed by atoms with Gasteiger partial charge in [0.05, 0.1) is 11.9 Å². The second-order valence-corrected chi connectivity index (χ2v) is 6.72. The van der Waals surface area contributed by atoms with Gasteiger partial charge in [0.15, 0.2) is 5.76 Å². The molecule has 0 fully saturated rings. The number of rotatable bonds is 4. The van der Waals surface area contributed by atoms with Gasteiger partial charge in [0.25, 0.3) is 0 Å². The molecule has 2 aromatic carbocycles. The van der Waals surface area contributed by atoms with Crippen molar-refractivity contribution in [3.63, 3.8) is 0 Å². The van der Waals surface area contributed by atoms with Crippen LogP contribution in [0.5, 0.6) is 0 Å². The summed E-state index contributed by atoms with van der Waals surface area (Å²) >= 11 is 6.09. The number of anilines is 1. The fraction of sp³-hybridized carbons (Fsp3) is 0.263. The van der Waals surface area contributed by atoms with Crippen LogP contribution < -0.4 is 10.6 Å². The van der Waals surface area contributed by atoms with Crippen molar-refractivity contribution in [2.75, 3.05) is 5.01 Å². The minimum atomic E-state index is 0.658.